The zero-order valence-electron chi connectivity index (χ0n) is 11.2. The standard InChI is InChI=1S/C14H12BrN3S3/c1-2-18-8-10(7-16-18)14(12(19)21-13(20)17-14)9-4-3-5-11(15)6-9/h3-8H,2H2,1H3,(H,17,20). The van der Waals surface area contributed by atoms with Crippen LogP contribution in [-0.2, 0) is 12.1 Å². The number of hydrogen-bond donors (Lipinski definition) is 1. The van der Waals surface area contributed by atoms with E-state index in [-0.39, 0.29) is 0 Å². The van der Waals surface area contributed by atoms with Crippen LogP contribution in [0.25, 0.3) is 0 Å². The first-order valence-corrected chi connectivity index (χ1v) is 8.82. The number of aryl methyl sites for hydroxylation is 1. The molecule has 7 heteroatoms. The van der Waals surface area contributed by atoms with Crippen LogP contribution in [0.2, 0.25) is 0 Å². The molecule has 0 saturated carbocycles. The Morgan fingerprint density at radius 3 is 2.76 bits per heavy atom. The topological polar surface area (TPSA) is 29.9 Å². The molecular weight excluding hydrogens is 386 g/mol. The maximum Gasteiger partial charge on any atom is 0.140 e. The number of hydrogen-bond acceptors (Lipinski definition) is 4. The maximum absolute atomic E-state index is 5.64. The third kappa shape index (κ3) is 2.56. The SMILES string of the molecule is CCn1cc(C2(c3cccc(Br)c3)NC(=S)SC2=S)cn1. The molecule has 1 aromatic heterocycles. The van der Waals surface area contributed by atoms with Gasteiger partial charge in [-0.25, -0.2) is 0 Å². The average molecular weight is 398 g/mol. The summed E-state index contributed by atoms with van der Waals surface area (Å²) in [6, 6.07) is 8.12. The summed E-state index contributed by atoms with van der Waals surface area (Å²) in [5, 5.41) is 7.78. The summed E-state index contributed by atoms with van der Waals surface area (Å²) in [5.74, 6) is 0. The van der Waals surface area contributed by atoms with E-state index in [1.807, 2.05) is 29.2 Å². The zero-order valence-corrected chi connectivity index (χ0v) is 15.2. The Hall–Kier alpha value is -0.760. The number of thioether (sulfide) groups is 1. The molecule has 2 aromatic rings. The van der Waals surface area contributed by atoms with Crippen molar-refractivity contribution in [3.8, 4) is 0 Å². The molecular formula is C14H12BrN3S3. The number of nitrogens with one attached hydrogen (secondary N) is 1. The van der Waals surface area contributed by atoms with Crippen LogP contribution in [-0.4, -0.2) is 18.3 Å². The summed E-state index contributed by atoms with van der Waals surface area (Å²) >= 11 is 15.9. The van der Waals surface area contributed by atoms with Gasteiger partial charge in [-0.2, -0.15) is 5.10 Å². The number of thiocarbonyl (C=S) groups is 2. The molecule has 3 rings (SSSR count). The second kappa shape index (κ2) is 5.79. The van der Waals surface area contributed by atoms with Gasteiger partial charge in [0.25, 0.3) is 0 Å². The molecule has 0 radical (unpaired) electrons. The van der Waals surface area contributed by atoms with Crippen LogP contribution in [0.4, 0.5) is 0 Å². The first kappa shape index (κ1) is 15.1. The fourth-order valence-electron chi connectivity index (χ4n) is 2.39. The molecule has 1 fully saturated rings. The normalized spacial score (nSPS) is 21.6. The van der Waals surface area contributed by atoms with Crippen LogP contribution in [0.1, 0.15) is 18.1 Å². The van der Waals surface area contributed by atoms with Gasteiger partial charge in [-0.3, -0.25) is 4.68 Å². The van der Waals surface area contributed by atoms with Crippen molar-refractivity contribution in [3.63, 3.8) is 0 Å². The fourth-order valence-corrected chi connectivity index (χ4v) is 4.70. The van der Waals surface area contributed by atoms with Crippen LogP contribution in [0.15, 0.2) is 41.1 Å². The van der Waals surface area contributed by atoms with E-state index < -0.39 is 5.54 Å². The molecule has 1 atom stereocenters. The highest BCUT2D eigenvalue weighted by molar-refractivity contribution is 9.10. The molecule has 1 unspecified atom stereocenters. The van der Waals surface area contributed by atoms with Gasteiger partial charge in [0.2, 0.25) is 0 Å². The Morgan fingerprint density at radius 1 is 1.38 bits per heavy atom. The summed E-state index contributed by atoms with van der Waals surface area (Å²) in [4.78, 5) is 0. The van der Waals surface area contributed by atoms with Crippen LogP contribution in [0.5, 0.6) is 0 Å². The number of nitrogens with zero attached hydrogens (tertiary/aromatic N) is 2. The zero-order chi connectivity index (χ0) is 15.0. The fraction of sp³-hybridized carbons (Fsp3) is 0.214. The lowest BCUT2D eigenvalue weighted by atomic mass is 9.86. The quantitative estimate of drug-likeness (QED) is 0.794. The van der Waals surface area contributed by atoms with E-state index >= 15 is 0 Å². The first-order valence-electron chi connectivity index (χ1n) is 6.39. The van der Waals surface area contributed by atoms with Crippen molar-refractivity contribution in [1.29, 1.82) is 0 Å². The summed E-state index contributed by atoms with van der Waals surface area (Å²) in [7, 11) is 0. The summed E-state index contributed by atoms with van der Waals surface area (Å²) in [6.45, 7) is 2.88. The molecule has 1 aliphatic rings. The molecule has 1 saturated heterocycles. The maximum atomic E-state index is 5.64. The number of rotatable bonds is 3. The van der Waals surface area contributed by atoms with Gasteiger partial charge in [-0.05, 0) is 24.6 Å². The Kier molecular flexibility index (Phi) is 4.18. The summed E-state index contributed by atoms with van der Waals surface area (Å²) < 4.78 is 4.41. The average Bonchev–Trinajstić information content (AvgIpc) is 3.03. The van der Waals surface area contributed by atoms with E-state index in [9.17, 15) is 0 Å². The molecule has 0 amide bonds. The molecule has 3 nitrogen and oxygen atoms in total. The summed E-state index contributed by atoms with van der Waals surface area (Å²) in [6.07, 6.45) is 3.88. The lowest BCUT2D eigenvalue weighted by molar-refractivity contribution is 0.648. The number of aromatic nitrogens is 2. The minimum absolute atomic E-state index is 0.589. The van der Waals surface area contributed by atoms with E-state index in [2.05, 4.69) is 45.4 Å². The van der Waals surface area contributed by atoms with Crippen molar-refractivity contribution in [2.45, 2.75) is 19.0 Å². The highest BCUT2D eigenvalue weighted by atomic mass is 79.9. The third-order valence-electron chi connectivity index (χ3n) is 3.43. The largest absolute Gasteiger partial charge is 0.352 e. The minimum atomic E-state index is -0.589. The monoisotopic (exact) mass is 397 g/mol. The molecule has 1 aromatic carbocycles. The number of halogens is 1. The highest BCUT2D eigenvalue weighted by Gasteiger charge is 2.46. The van der Waals surface area contributed by atoms with Gasteiger partial charge in [0.1, 0.15) is 9.86 Å². The molecule has 0 spiro atoms. The van der Waals surface area contributed by atoms with Gasteiger partial charge in [-0.15, -0.1) is 0 Å². The smallest absolute Gasteiger partial charge is 0.140 e. The predicted molar refractivity (Wildman–Crippen MR) is 98.7 cm³/mol. The van der Waals surface area contributed by atoms with Crippen LogP contribution in [0.3, 0.4) is 0 Å². The Balaban J connectivity index is 2.20. The second-order valence-electron chi connectivity index (χ2n) is 4.65. The Labute approximate surface area is 146 Å². The van der Waals surface area contributed by atoms with Gasteiger partial charge < -0.3 is 5.32 Å². The lowest BCUT2D eigenvalue weighted by Crippen LogP contribution is -2.43. The molecule has 108 valence electrons. The van der Waals surface area contributed by atoms with E-state index in [0.717, 1.165) is 26.3 Å². The molecule has 21 heavy (non-hydrogen) atoms. The van der Waals surface area contributed by atoms with Gasteiger partial charge >= 0.3 is 0 Å². The van der Waals surface area contributed by atoms with Gasteiger partial charge in [0.15, 0.2) is 0 Å². The summed E-state index contributed by atoms with van der Waals surface area (Å²) in [5.41, 5.74) is 1.48. The molecule has 0 bridgehead atoms. The molecule has 1 N–H and O–H groups in total. The van der Waals surface area contributed by atoms with Gasteiger partial charge in [-0.1, -0.05) is 64.3 Å². The van der Waals surface area contributed by atoms with Crippen molar-refractivity contribution >= 4 is 60.6 Å². The van der Waals surface area contributed by atoms with Crippen molar-refractivity contribution < 1.29 is 0 Å². The van der Waals surface area contributed by atoms with E-state index in [1.165, 1.54) is 11.8 Å². The van der Waals surface area contributed by atoms with Crippen LogP contribution >= 0.6 is 52.1 Å². The van der Waals surface area contributed by atoms with Crippen molar-refractivity contribution in [1.82, 2.24) is 15.1 Å². The molecule has 2 heterocycles. The predicted octanol–water partition coefficient (Wildman–Crippen LogP) is 3.86. The van der Waals surface area contributed by atoms with Crippen molar-refractivity contribution in [3.05, 3.63) is 52.3 Å². The van der Waals surface area contributed by atoms with Gasteiger partial charge in [0, 0.05) is 22.8 Å². The minimum Gasteiger partial charge on any atom is -0.352 e. The number of benzene rings is 1. The Morgan fingerprint density at radius 2 is 2.19 bits per heavy atom. The first-order chi connectivity index (χ1) is 10.1. The van der Waals surface area contributed by atoms with Crippen LogP contribution in [0, 0.1) is 0 Å². The van der Waals surface area contributed by atoms with Crippen molar-refractivity contribution in [2.24, 2.45) is 0 Å². The van der Waals surface area contributed by atoms with E-state index in [0.29, 0.717) is 4.32 Å². The van der Waals surface area contributed by atoms with E-state index in [4.69, 9.17) is 24.4 Å². The van der Waals surface area contributed by atoms with Gasteiger partial charge in [0.05, 0.1) is 10.4 Å². The highest BCUT2D eigenvalue weighted by Crippen LogP contribution is 2.41. The second-order valence-corrected chi connectivity index (χ2v) is 7.92. The van der Waals surface area contributed by atoms with Crippen molar-refractivity contribution in [2.75, 3.05) is 0 Å². The lowest BCUT2D eigenvalue weighted by Gasteiger charge is -2.28. The third-order valence-corrected chi connectivity index (χ3v) is 5.61. The molecule has 0 aliphatic carbocycles. The van der Waals surface area contributed by atoms with E-state index in [1.54, 1.807) is 0 Å². The molecule has 1 aliphatic heterocycles. The van der Waals surface area contributed by atoms with Crippen LogP contribution < -0.4 is 5.32 Å². The Bertz CT molecular complexity index is 728.